The Kier molecular flexibility index (Phi) is 7.45. The first kappa shape index (κ1) is 23.4. The van der Waals surface area contributed by atoms with E-state index in [9.17, 15) is 9.59 Å². The van der Waals surface area contributed by atoms with Crippen molar-refractivity contribution >= 4 is 5.97 Å². The summed E-state index contributed by atoms with van der Waals surface area (Å²) in [5.74, 6) is 0.275. The molecule has 0 amide bonds. The van der Waals surface area contributed by atoms with Gasteiger partial charge in [0, 0.05) is 62.5 Å². The molecule has 0 spiro atoms. The molecule has 2 aromatic rings. The number of piperidine rings is 1. The minimum Gasteiger partial charge on any atom is -0.492 e. The Morgan fingerprint density at radius 2 is 2.06 bits per heavy atom. The zero-order valence-electron chi connectivity index (χ0n) is 19.9. The van der Waals surface area contributed by atoms with E-state index in [4.69, 9.17) is 9.47 Å². The number of esters is 1. The lowest BCUT2D eigenvalue weighted by molar-refractivity contribution is 0.0590. The number of nitrogens with zero attached hydrogens (tertiary/aromatic N) is 4. The summed E-state index contributed by atoms with van der Waals surface area (Å²) in [7, 11) is 3.48. The van der Waals surface area contributed by atoms with Crippen molar-refractivity contribution in [1.29, 1.82) is 0 Å². The predicted octanol–water partition coefficient (Wildman–Crippen LogP) is 2.12. The molecule has 1 unspecified atom stereocenters. The Morgan fingerprint density at radius 1 is 1.21 bits per heavy atom. The average molecular weight is 455 g/mol. The molecule has 1 atom stereocenters. The van der Waals surface area contributed by atoms with Crippen molar-refractivity contribution < 1.29 is 14.3 Å². The Bertz CT molecular complexity index is 1050. The van der Waals surface area contributed by atoms with E-state index in [1.807, 2.05) is 25.1 Å². The van der Waals surface area contributed by atoms with Crippen molar-refractivity contribution in [3.8, 4) is 5.75 Å². The quantitative estimate of drug-likeness (QED) is 0.619. The van der Waals surface area contributed by atoms with Crippen LogP contribution in [0.25, 0.3) is 0 Å². The molecule has 1 fully saturated rings. The number of methoxy groups -OCH3 is 1. The lowest BCUT2D eigenvalue weighted by Crippen LogP contribution is -2.35. The summed E-state index contributed by atoms with van der Waals surface area (Å²) in [6, 6.07) is 7.47. The van der Waals surface area contributed by atoms with Gasteiger partial charge in [-0.25, -0.2) is 4.79 Å². The summed E-state index contributed by atoms with van der Waals surface area (Å²) in [5, 5.41) is 0. The molecule has 0 aromatic carbocycles. The van der Waals surface area contributed by atoms with Crippen LogP contribution in [-0.2, 0) is 24.2 Å². The third kappa shape index (κ3) is 5.62. The van der Waals surface area contributed by atoms with E-state index >= 15 is 0 Å². The van der Waals surface area contributed by atoms with Gasteiger partial charge in [0.1, 0.15) is 11.3 Å². The second kappa shape index (κ2) is 10.5. The molecule has 4 heterocycles. The fraction of sp³-hybridized carbons (Fsp3) is 0.560. The minimum absolute atomic E-state index is 0.135. The second-order valence-electron chi connectivity index (χ2n) is 9.19. The molecule has 8 heteroatoms. The van der Waals surface area contributed by atoms with Crippen molar-refractivity contribution in [1.82, 2.24) is 19.4 Å². The highest BCUT2D eigenvalue weighted by atomic mass is 16.5. The molecular formula is C25H34N4O4. The van der Waals surface area contributed by atoms with Crippen LogP contribution in [0.5, 0.6) is 5.75 Å². The van der Waals surface area contributed by atoms with Crippen LogP contribution in [0.2, 0.25) is 0 Å². The molecule has 2 aromatic heterocycles. The molecule has 33 heavy (non-hydrogen) atoms. The van der Waals surface area contributed by atoms with Crippen molar-refractivity contribution in [3.63, 3.8) is 0 Å². The van der Waals surface area contributed by atoms with E-state index in [1.54, 1.807) is 4.57 Å². The number of rotatable bonds is 6. The molecule has 4 rings (SSSR count). The lowest BCUT2D eigenvalue weighted by atomic mass is 9.99. The lowest BCUT2D eigenvalue weighted by Gasteiger charge is -2.29. The van der Waals surface area contributed by atoms with Gasteiger partial charge in [-0.3, -0.25) is 14.7 Å². The molecule has 0 radical (unpaired) electrons. The summed E-state index contributed by atoms with van der Waals surface area (Å²) < 4.78 is 12.9. The van der Waals surface area contributed by atoms with E-state index in [1.165, 1.54) is 13.2 Å². The number of aromatic nitrogens is 2. The van der Waals surface area contributed by atoms with E-state index in [0.29, 0.717) is 55.6 Å². The average Bonchev–Trinajstić information content (AvgIpc) is 3.00. The number of hydrogen-bond acceptors (Lipinski definition) is 7. The fourth-order valence-corrected chi connectivity index (χ4v) is 4.92. The summed E-state index contributed by atoms with van der Waals surface area (Å²) >= 11 is 0. The maximum Gasteiger partial charge on any atom is 0.343 e. The number of carbonyl (C=O) groups is 1. The van der Waals surface area contributed by atoms with Crippen LogP contribution < -0.4 is 10.3 Å². The van der Waals surface area contributed by atoms with Gasteiger partial charge in [0.25, 0.3) is 5.56 Å². The minimum atomic E-state index is -0.455. The second-order valence-corrected chi connectivity index (χ2v) is 9.19. The number of ether oxygens (including phenoxy) is 2. The zero-order chi connectivity index (χ0) is 23.4. The van der Waals surface area contributed by atoms with Crippen LogP contribution in [0, 0.1) is 12.8 Å². The highest BCUT2D eigenvalue weighted by Crippen LogP contribution is 2.26. The largest absolute Gasteiger partial charge is 0.492 e. The Hall–Kier alpha value is -2.71. The topological polar surface area (TPSA) is 76.9 Å². The van der Waals surface area contributed by atoms with Gasteiger partial charge >= 0.3 is 5.97 Å². The SMILES string of the molecule is COC(=O)c1c(OCC2CCCN(C)C2)cc(=O)n2c1CCN(Cc1cccc(C)n1)CC2. The number of carbonyl (C=O) groups excluding carboxylic acids is 1. The van der Waals surface area contributed by atoms with Crippen LogP contribution in [0.4, 0.5) is 0 Å². The Morgan fingerprint density at radius 3 is 2.82 bits per heavy atom. The van der Waals surface area contributed by atoms with Gasteiger partial charge in [-0.15, -0.1) is 0 Å². The summed E-state index contributed by atoms with van der Waals surface area (Å²) in [5.41, 5.74) is 2.94. The normalized spacial score (nSPS) is 19.5. The van der Waals surface area contributed by atoms with Gasteiger partial charge in [-0.05, 0) is 45.5 Å². The molecule has 0 bridgehead atoms. The Labute approximate surface area is 195 Å². The van der Waals surface area contributed by atoms with Gasteiger partial charge in [0.05, 0.1) is 19.4 Å². The highest BCUT2D eigenvalue weighted by Gasteiger charge is 2.27. The van der Waals surface area contributed by atoms with Crippen LogP contribution >= 0.6 is 0 Å². The molecule has 0 N–H and O–H groups in total. The molecule has 0 saturated carbocycles. The first-order chi connectivity index (χ1) is 15.9. The predicted molar refractivity (Wildman–Crippen MR) is 126 cm³/mol. The number of fused-ring (bicyclic) bond motifs is 1. The fourth-order valence-electron chi connectivity index (χ4n) is 4.92. The third-order valence-corrected chi connectivity index (χ3v) is 6.60. The number of likely N-dealkylation sites (tertiary alicyclic amines) is 1. The maximum atomic E-state index is 13.0. The summed E-state index contributed by atoms with van der Waals surface area (Å²) in [6.45, 7) is 7.17. The zero-order valence-corrected chi connectivity index (χ0v) is 19.9. The van der Waals surface area contributed by atoms with E-state index < -0.39 is 5.97 Å². The molecule has 8 nitrogen and oxygen atoms in total. The van der Waals surface area contributed by atoms with Crippen LogP contribution in [0.1, 0.15) is 40.3 Å². The standard InChI is InChI=1S/C25H34N4O4/c1-18-6-4-8-20(26-18)16-28-11-9-21-24(25(31)32-3)22(14-23(30)29(21)13-12-28)33-17-19-7-5-10-27(2)15-19/h4,6,8,14,19H,5,7,9-13,15-17H2,1-3H3. The molecule has 2 aliphatic heterocycles. The van der Waals surface area contributed by atoms with Crippen molar-refractivity contribution in [3.05, 3.63) is 57.3 Å². The third-order valence-electron chi connectivity index (χ3n) is 6.60. The Balaban J connectivity index is 1.56. The molecule has 2 aliphatic rings. The van der Waals surface area contributed by atoms with Crippen molar-refractivity contribution in [2.45, 2.75) is 39.3 Å². The van der Waals surface area contributed by atoms with Crippen LogP contribution in [0.15, 0.2) is 29.1 Å². The smallest absolute Gasteiger partial charge is 0.343 e. The van der Waals surface area contributed by atoms with Crippen molar-refractivity contribution in [2.75, 3.05) is 46.9 Å². The summed E-state index contributed by atoms with van der Waals surface area (Å²) in [4.78, 5) is 35.0. The number of hydrogen-bond donors (Lipinski definition) is 0. The number of pyridine rings is 2. The first-order valence-electron chi connectivity index (χ1n) is 11.8. The van der Waals surface area contributed by atoms with Gasteiger partial charge in [0.15, 0.2) is 0 Å². The first-order valence-corrected chi connectivity index (χ1v) is 11.8. The number of aryl methyl sites for hydroxylation is 1. The van der Waals surface area contributed by atoms with Gasteiger partial charge in [-0.2, -0.15) is 0 Å². The molecule has 0 aliphatic carbocycles. The molecular weight excluding hydrogens is 420 g/mol. The molecule has 1 saturated heterocycles. The van der Waals surface area contributed by atoms with Crippen LogP contribution in [0.3, 0.4) is 0 Å². The maximum absolute atomic E-state index is 13.0. The molecule has 178 valence electrons. The van der Waals surface area contributed by atoms with E-state index in [-0.39, 0.29) is 5.56 Å². The van der Waals surface area contributed by atoms with Gasteiger partial charge in [-0.1, -0.05) is 6.07 Å². The van der Waals surface area contributed by atoms with Crippen LogP contribution in [-0.4, -0.2) is 72.3 Å². The van der Waals surface area contributed by atoms with Gasteiger partial charge < -0.3 is 18.9 Å². The van der Waals surface area contributed by atoms with Gasteiger partial charge in [0.2, 0.25) is 0 Å². The van der Waals surface area contributed by atoms with Crippen molar-refractivity contribution in [2.24, 2.45) is 5.92 Å². The highest BCUT2D eigenvalue weighted by molar-refractivity contribution is 5.93. The monoisotopic (exact) mass is 454 g/mol. The van der Waals surface area contributed by atoms with E-state index in [0.717, 1.165) is 43.9 Å². The summed E-state index contributed by atoms with van der Waals surface area (Å²) in [6.07, 6.45) is 2.78. The van der Waals surface area contributed by atoms with E-state index in [2.05, 4.69) is 21.8 Å².